The van der Waals surface area contributed by atoms with E-state index in [4.69, 9.17) is 17.3 Å². The van der Waals surface area contributed by atoms with Crippen LogP contribution in [0.4, 0.5) is 5.69 Å². The molecule has 0 aromatic heterocycles. The van der Waals surface area contributed by atoms with Gasteiger partial charge in [-0.25, -0.2) is 8.42 Å². The molecule has 1 heterocycles. The Kier molecular flexibility index (Phi) is 3.84. The van der Waals surface area contributed by atoms with E-state index in [9.17, 15) is 8.42 Å². The molecule has 0 aliphatic carbocycles. The second kappa shape index (κ2) is 5.07. The monoisotopic (exact) mass is 288 g/mol. The highest BCUT2D eigenvalue weighted by atomic mass is 35.5. The second-order valence-corrected chi connectivity index (χ2v) is 7.11. The van der Waals surface area contributed by atoms with E-state index in [1.165, 1.54) is 16.4 Å². The zero-order chi connectivity index (χ0) is 13.3. The number of hydrogen-bond donors (Lipinski definition) is 1. The predicted octanol–water partition coefficient (Wildman–Crippen LogP) is 2.34. The maximum atomic E-state index is 12.5. The summed E-state index contributed by atoms with van der Waals surface area (Å²) in [5, 5.41) is 0.188. The molecule has 0 spiro atoms. The fourth-order valence-electron chi connectivity index (χ4n) is 2.23. The molecule has 18 heavy (non-hydrogen) atoms. The number of piperidine rings is 1. The molecule has 1 unspecified atom stereocenters. The molecule has 2 rings (SSSR count). The molecular weight excluding hydrogens is 272 g/mol. The Morgan fingerprint density at radius 3 is 2.78 bits per heavy atom. The summed E-state index contributed by atoms with van der Waals surface area (Å²) in [5.74, 6) is 0.390. The number of anilines is 1. The minimum Gasteiger partial charge on any atom is -0.399 e. The Labute approximate surface area is 113 Å². The molecule has 4 nitrogen and oxygen atoms in total. The van der Waals surface area contributed by atoms with Crippen LogP contribution in [0.3, 0.4) is 0 Å². The second-order valence-electron chi connectivity index (χ2n) is 4.80. The van der Waals surface area contributed by atoms with Crippen LogP contribution < -0.4 is 5.73 Å². The zero-order valence-corrected chi connectivity index (χ0v) is 11.8. The van der Waals surface area contributed by atoms with Crippen LogP contribution in [0.15, 0.2) is 23.1 Å². The Morgan fingerprint density at radius 2 is 2.17 bits per heavy atom. The van der Waals surface area contributed by atoms with Gasteiger partial charge < -0.3 is 5.73 Å². The lowest BCUT2D eigenvalue weighted by Gasteiger charge is -2.30. The van der Waals surface area contributed by atoms with Crippen molar-refractivity contribution in [2.75, 3.05) is 18.8 Å². The molecule has 0 bridgehead atoms. The van der Waals surface area contributed by atoms with E-state index in [0.717, 1.165) is 12.8 Å². The largest absolute Gasteiger partial charge is 0.399 e. The van der Waals surface area contributed by atoms with Crippen LogP contribution in [0.2, 0.25) is 5.02 Å². The molecule has 0 amide bonds. The molecule has 0 radical (unpaired) electrons. The van der Waals surface area contributed by atoms with E-state index in [-0.39, 0.29) is 9.92 Å². The highest BCUT2D eigenvalue weighted by Crippen LogP contribution is 2.29. The smallest absolute Gasteiger partial charge is 0.244 e. The maximum Gasteiger partial charge on any atom is 0.244 e. The van der Waals surface area contributed by atoms with Crippen LogP contribution in [0.5, 0.6) is 0 Å². The quantitative estimate of drug-likeness (QED) is 0.850. The van der Waals surface area contributed by atoms with Gasteiger partial charge in [-0.05, 0) is 37.0 Å². The van der Waals surface area contributed by atoms with Crippen molar-refractivity contribution in [1.82, 2.24) is 4.31 Å². The van der Waals surface area contributed by atoms with E-state index in [2.05, 4.69) is 6.92 Å². The number of nitrogens with zero attached hydrogens (tertiary/aromatic N) is 1. The molecule has 1 atom stereocenters. The minimum absolute atomic E-state index is 0.146. The van der Waals surface area contributed by atoms with E-state index in [1.54, 1.807) is 6.07 Å². The van der Waals surface area contributed by atoms with E-state index >= 15 is 0 Å². The lowest BCUT2D eigenvalue weighted by Crippen LogP contribution is -2.39. The van der Waals surface area contributed by atoms with Gasteiger partial charge in [0.1, 0.15) is 4.90 Å². The first kappa shape index (κ1) is 13.6. The van der Waals surface area contributed by atoms with Gasteiger partial charge in [-0.2, -0.15) is 4.31 Å². The lowest BCUT2D eigenvalue weighted by molar-refractivity contribution is 0.281. The fourth-order valence-corrected chi connectivity index (χ4v) is 4.36. The zero-order valence-electron chi connectivity index (χ0n) is 10.3. The van der Waals surface area contributed by atoms with Crippen molar-refractivity contribution in [1.29, 1.82) is 0 Å². The van der Waals surface area contributed by atoms with Crippen molar-refractivity contribution in [3.63, 3.8) is 0 Å². The van der Waals surface area contributed by atoms with Gasteiger partial charge in [0.25, 0.3) is 0 Å². The summed E-state index contributed by atoms with van der Waals surface area (Å²) in [5.41, 5.74) is 6.04. The van der Waals surface area contributed by atoms with Crippen molar-refractivity contribution >= 4 is 27.3 Å². The number of rotatable bonds is 2. The Morgan fingerprint density at radius 1 is 1.44 bits per heavy atom. The van der Waals surface area contributed by atoms with Gasteiger partial charge in [0, 0.05) is 18.8 Å². The molecule has 0 saturated carbocycles. The maximum absolute atomic E-state index is 12.5. The average Bonchev–Trinajstić information content (AvgIpc) is 2.28. The van der Waals surface area contributed by atoms with Crippen molar-refractivity contribution in [2.45, 2.75) is 24.7 Å². The van der Waals surface area contributed by atoms with E-state index in [0.29, 0.717) is 24.7 Å². The van der Waals surface area contributed by atoms with Gasteiger partial charge in [-0.1, -0.05) is 18.5 Å². The molecular formula is C12H17ClN2O2S. The van der Waals surface area contributed by atoms with Crippen molar-refractivity contribution in [3.05, 3.63) is 23.2 Å². The van der Waals surface area contributed by atoms with Crippen LogP contribution in [0.25, 0.3) is 0 Å². The summed E-state index contributed by atoms with van der Waals surface area (Å²) < 4.78 is 26.4. The van der Waals surface area contributed by atoms with Gasteiger partial charge in [0.15, 0.2) is 0 Å². The SMILES string of the molecule is CC1CCCN(S(=O)(=O)c2ccc(N)cc2Cl)C1. The van der Waals surface area contributed by atoms with Crippen LogP contribution in [-0.2, 0) is 10.0 Å². The highest BCUT2D eigenvalue weighted by molar-refractivity contribution is 7.89. The summed E-state index contributed by atoms with van der Waals surface area (Å²) >= 11 is 5.98. The number of sulfonamides is 1. The van der Waals surface area contributed by atoms with E-state index < -0.39 is 10.0 Å². The number of benzene rings is 1. The van der Waals surface area contributed by atoms with Crippen LogP contribution in [0.1, 0.15) is 19.8 Å². The first-order valence-electron chi connectivity index (χ1n) is 5.96. The first-order chi connectivity index (χ1) is 8.41. The Hall–Kier alpha value is -0.780. The fraction of sp³-hybridized carbons (Fsp3) is 0.500. The van der Waals surface area contributed by atoms with Crippen LogP contribution in [0, 0.1) is 5.92 Å². The average molecular weight is 289 g/mol. The summed E-state index contributed by atoms with van der Waals surface area (Å²) in [7, 11) is -3.50. The molecule has 6 heteroatoms. The minimum atomic E-state index is -3.50. The molecule has 2 N–H and O–H groups in total. The third-order valence-corrected chi connectivity index (χ3v) is 5.54. The molecule has 1 saturated heterocycles. The predicted molar refractivity (Wildman–Crippen MR) is 73.0 cm³/mol. The van der Waals surface area contributed by atoms with Gasteiger partial charge in [-0.15, -0.1) is 0 Å². The topological polar surface area (TPSA) is 63.4 Å². The summed E-state index contributed by atoms with van der Waals surface area (Å²) in [4.78, 5) is 0.146. The standard InChI is InChI=1S/C12H17ClN2O2S/c1-9-3-2-6-15(8-9)18(16,17)12-5-4-10(14)7-11(12)13/h4-5,7,9H,2-3,6,8,14H2,1H3. The molecule has 1 aromatic carbocycles. The molecule has 1 aliphatic rings. The lowest BCUT2D eigenvalue weighted by atomic mass is 10.0. The van der Waals surface area contributed by atoms with Crippen molar-refractivity contribution < 1.29 is 8.42 Å². The van der Waals surface area contributed by atoms with Gasteiger partial charge in [0.2, 0.25) is 10.0 Å². The number of hydrogen-bond acceptors (Lipinski definition) is 3. The van der Waals surface area contributed by atoms with E-state index in [1.807, 2.05) is 0 Å². The highest BCUT2D eigenvalue weighted by Gasteiger charge is 2.30. The molecule has 1 fully saturated rings. The third kappa shape index (κ3) is 2.63. The number of nitrogens with two attached hydrogens (primary N) is 1. The summed E-state index contributed by atoms with van der Waals surface area (Å²) in [6.07, 6.45) is 1.97. The summed E-state index contributed by atoms with van der Waals surface area (Å²) in [6.45, 7) is 3.18. The number of nitrogen functional groups attached to an aromatic ring is 1. The normalized spacial score (nSPS) is 22.0. The van der Waals surface area contributed by atoms with Gasteiger partial charge in [0.05, 0.1) is 5.02 Å². The van der Waals surface area contributed by atoms with Crippen LogP contribution in [-0.4, -0.2) is 25.8 Å². The first-order valence-corrected chi connectivity index (χ1v) is 7.78. The van der Waals surface area contributed by atoms with Crippen LogP contribution >= 0.6 is 11.6 Å². The third-order valence-electron chi connectivity index (χ3n) is 3.19. The number of halogens is 1. The summed E-state index contributed by atoms with van der Waals surface area (Å²) in [6, 6.07) is 4.51. The molecule has 1 aromatic rings. The van der Waals surface area contributed by atoms with Crippen molar-refractivity contribution in [3.8, 4) is 0 Å². The Balaban J connectivity index is 2.35. The molecule has 100 valence electrons. The van der Waals surface area contributed by atoms with Crippen molar-refractivity contribution in [2.24, 2.45) is 5.92 Å². The van der Waals surface area contributed by atoms with Gasteiger partial charge >= 0.3 is 0 Å². The molecule has 1 aliphatic heterocycles. The van der Waals surface area contributed by atoms with Gasteiger partial charge in [-0.3, -0.25) is 0 Å². The Bertz CT molecular complexity index is 545.